The van der Waals surface area contributed by atoms with Crippen molar-refractivity contribution in [3.05, 3.63) is 115 Å². The number of fused-ring (bicyclic) bond motifs is 2. The van der Waals surface area contributed by atoms with E-state index in [2.05, 4.69) is 58.3 Å². The minimum absolute atomic E-state index is 0. The van der Waals surface area contributed by atoms with Gasteiger partial charge in [0, 0.05) is 38.6 Å². The average Bonchev–Trinajstić information content (AvgIpc) is 3.07. The Kier molecular flexibility index (Phi) is 10.7. The zero-order chi connectivity index (χ0) is 31.6. The van der Waals surface area contributed by atoms with Gasteiger partial charge in [-0.1, -0.05) is 42.1 Å². The number of rotatable bonds is 10. The quantitative estimate of drug-likeness (QED) is 0.138. The van der Waals surface area contributed by atoms with Gasteiger partial charge >= 0.3 is 29.6 Å². The fourth-order valence-corrected chi connectivity index (χ4v) is 6.89. The minimum atomic E-state index is -4.37. The maximum Gasteiger partial charge on any atom is 1.00 e. The summed E-state index contributed by atoms with van der Waals surface area (Å²) in [6, 6.07) is 38.8. The van der Waals surface area contributed by atoms with E-state index >= 15 is 0 Å². The van der Waals surface area contributed by atoms with Crippen LogP contribution in [0.5, 0.6) is 11.5 Å². The summed E-state index contributed by atoms with van der Waals surface area (Å²) in [6.45, 7) is 1.89. The molecule has 1 atom stereocenters. The van der Waals surface area contributed by atoms with Gasteiger partial charge in [-0.15, -0.1) is 0 Å². The van der Waals surface area contributed by atoms with Crippen molar-refractivity contribution in [3.8, 4) is 22.6 Å². The van der Waals surface area contributed by atoms with Crippen LogP contribution in [0.15, 0.2) is 125 Å². The number of nitrogens with zero attached hydrogens (tertiary/aromatic N) is 2. The Morgan fingerprint density at radius 3 is 1.76 bits per heavy atom. The molecule has 0 saturated carbocycles. The molecule has 0 N–H and O–H groups in total. The zero-order valence-electron chi connectivity index (χ0n) is 26.2. The topological polar surface area (TPSA) is 82.1 Å². The van der Waals surface area contributed by atoms with Gasteiger partial charge in [-0.05, 0) is 109 Å². The molecule has 0 aromatic heterocycles. The van der Waals surface area contributed by atoms with Gasteiger partial charge in [-0.2, -0.15) is 0 Å². The zero-order valence-corrected chi connectivity index (χ0v) is 29.8. The fourth-order valence-electron chi connectivity index (χ4n) is 5.42. The van der Waals surface area contributed by atoms with E-state index in [0.29, 0.717) is 6.54 Å². The summed E-state index contributed by atoms with van der Waals surface area (Å²) >= 11 is 1.69. The van der Waals surface area contributed by atoms with Crippen molar-refractivity contribution in [3.63, 3.8) is 0 Å². The van der Waals surface area contributed by atoms with Gasteiger partial charge in [0.05, 0.1) is 35.7 Å². The van der Waals surface area contributed by atoms with Crippen molar-refractivity contribution in [2.45, 2.75) is 28.4 Å². The summed E-state index contributed by atoms with van der Waals surface area (Å²) in [5.41, 5.74) is 7.05. The first-order valence-electron chi connectivity index (χ1n) is 14.6. The molecule has 230 valence electrons. The van der Waals surface area contributed by atoms with Crippen LogP contribution in [0, 0.1) is 0 Å². The van der Waals surface area contributed by atoms with Gasteiger partial charge < -0.3 is 23.8 Å². The molecule has 1 unspecified atom stereocenters. The summed E-state index contributed by atoms with van der Waals surface area (Å²) < 4.78 is 45.7. The second kappa shape index (κ2) is 14.5. The third-order valence-corrected chi connectivity index (χ3v) is 10.3. The number of anilines is 5. The molecular formula is C36H33N2NaO5S2. The molecule has 5 aromatic carbocycles. The molecule has 0 bridgehead atoms. The summed E-state index contributed by atoms with van der Waals surface area (Å²) in [7, 11) is -1.05. The molecule has 0 aliphatic carbocycles. The van der Waals surface area contributed by atoms with Crippen LogP contribution >= 0.6 is 11.8 Å². The standard InChI is InChI=1S/C36H34N2O5S2.Na/c1-25(45(39,40)41)22-23-37-33-6-4-5-7-35(33)44-36-21-10-27(24-34(36)37)26-8-11-28(12-9-26)38(29-13-17-31(42-2)18-14-29)30-15-19-32(43-3)20-16-30;/h4-21,24-25H,22-23H2,1-3H3,(H,39,40,41);/q;+1/p-1. The van der Waals surface area contributed by atoms with Crippen LogP contribution in [0.3, 0.4) is 0 Å². The van der Waals surface area contributed by atoms with Gasteiger partial charge in [-0.25, -0.2) is 8.42 Å². The number of hydrogen-bond donors (Lipinski definition) is 0. The molecule has 1 aliphatic heterocycles. The van der Waals surface area contributed by atoms with E-state index in [-0.39, 0.29) is 36.0 Å². The summed E-state index contributed by atoms with van der Waals surface area (Å²) in [4.78, 5) is 6.49. The molecule has 6 rings (SSSR count). The molecule has 0 radical (unpaired) electrons. The van der Waals surface area contributed by atoms with E-state index in [9.17, 15) is 13.0 Å². The summed E-state index contributed by atoms with van der Waals surface area (Å²) in [5.74, 6) is 1.57. The van der Waals surface area contributed by atoms with E-state index in [1.165, 1.54) is 6.92 Å². The molecule has 0 fully saturated rings. The van der Waals surface area contributed by atoms with E-state index < -0.39 is 15.4 Å². The Bertz CT molecular complexity index is 1850. The van der Waals surface area contributed by atoms with Crippen LogP contribution in [0.25, 0.3) is 11.1 Å². The summed E-state index contributed by atoms with van der Waals surface area (Å²) in [6.07, 6.45) is 0.232. The second-order valence-electron chi connectivity index (χ2n) is 10.8. The smallest absolute Gasteiger partial charge is 0.748 e. The van der Waals surface area contributed by atoms with Gasteiger partial charge in [0.1, 0.15) is 11.5 Å². The number of benzene rings is 5. The van der Waals surface area contributed by atoms with Crippen molar-refractivity contribution in [1.29, 1.82) is 0 Å². The molecule has 10 heteroatoms. The van der Waals surface area contributed by atoms with Gasteiger partial charge in [0.25, 0.3) is 0 Å². The van der Waals surface area contributed by atoms with E-state index in [1.807, 2.05) is 66.7 Å². The van der Waals surface area contributed by atoms with Crippen LogP contribution in [-0.4, -0.2) is 39.0 Å². The van der Waals surface area contributed by atoms with Crippen LogP contribution in [0.2, 0.25) is 0 Å². The van der Waals surface area contributed by atoms with Gasteiger partial charge in [0.15, 0.2) is 0 Å². The molecular weight excluding hydrogens is 628 g/mol. The first kappa shape index (κ1) is 33.9. The molecule has 46 heavy (non-hydrogen) atoms. The predicted molar refractivity (Wildman–Crippen MR) is 181 cm³/mol. The third kappa shape index (κ3) is 7.25. The van der Waals surface area contributed by atoms with Crippen molar-refractivity contribution in [2.24, 2.45) is 0 Å². The molecule has 1 heterocycles. The van der Waals surface area contributed by atoms with Crippen LogP contribution < -0.4 is 48.8 Å². The normalized spacial score (nSPS) is 12.7. The first-order chi connectivity index (χ1) is 21.7. The maximum absolute atomic E-state index is 11.7. The molecule has 5 aromatic rings. The minimum Gasteiger partial charge on any atom is -0.748 e. The third-order valence-electron chi connectivity index (χ3n) is 8.00. The average molecular weight is 661 g/mol. The Hall–Kier alpha value is -3.44. The van der Waals surface area contributed by atoms with Crippen LogP contribution in [-0.2, 0) is 10.1 Å². The maximum atomic E-state index is 11.7. The Morgan fingerprint density at radius 2 is 1.22 bits per heavy atom. The van der Waals surface area contributed by atoms with Crippen LogP contribution in [0.4, 0.5) is 28.4 Å². The van der Waals surface area contributed by atoms with Gasteiger partial charge in [-0.3, -0.25) is 0 Å². The first-order valence-corrected chi connectivity index (χ1v) is 16.9. The Labute approximate surface area is 297 Å². The van der Waals surface area contributed by atoms with E-state index in [0.717, 1.165) is 60.9 Å². The molecule has 1 aliphatic rings. The Morgan fingerprint density at radius 1 is 0.717 bits per heavy atom. The molecule has 0 amide bonds. The molecule has 7 nitrogen and oxygen atoms in total. The Balaban J connectivity index is 0.00000417. The van der Waals surface area contributed by atoms with Crippen molar-refractivity contribution in [1.82, 2.24) is 0 Å². The fraction of sp³-hybridized carbons (Fsp3) is 0.167. The number of ether oxygens (including phenoxy) is 2. The monoisotopic (exact) mass is 660 g/mol. The van der Waals surface area contributed by atoms with Crippen molar-refractivity contribution < 1.29 is 52.0 Å². The number of hydrogen-bond acceptors (Lipinski definition) is 8. The predicted octanol–water partition coefficient (Wildman–Crippen LogP) is 5.77. The number of methoxy groups -OCH3 is 2. The summed E-state index contributed by atoms with van der Waals surface area (Å²) in [5, 5.41) is -0.974. The number of para-hydroxylation sites is 1. The van der Waals surface area contributed by atoms with Crippen molar-refractivity contribution >= 4 is 50.3 Å². The SMILES string of the molecule is COc1ccc(N(c2ccc(OC)cc2)c2ccc(-c3ccc4c(c3)N(CCC(C)S(=O)(=O)[O-])c3ccccc3S4)cc2)cc1.[Na+]. The second-order valence-corrected chi connectivity index (χ2v) is 13.6. The van der Waals surface area contributed by atoms with E-state index in [1.54, 1.807) is 26.0 Å². The van der Waals surface area contributed by atoms with E-state index in [4.69, 9.17) is 9.47 Å². The molecule has 0 saturated heterocycles. The largest absolute Gasteiger partial charge is 1.00 e. The van der Waals surface area contributed by atoms with Crippen molar-refractivity contribution in [2.75, 3.05) is 30.6 Å². The molecule has 0 spiro atoms. The van der Waals surface area contributed by atoms with Crippen LogP contribution in [0.1, 0.15) is 13.3 Å². The van der Waals surface area contributed by atoms with Gasteiger partial charge in [0.2, 0.25) is 0 Å².